The van der Waals surface area contributed by atoms with Gasteiger partial charge in [-0.25, -0.2) is 0 Å². The molecule has 0 bridgehead atoms. The summed E-state index contributed by atoms with van der Waals surface area (Å²) in [6, 6.07) is 0.810. The molecule has 1 aliphatic rings. The van der Waals surface area contributed by atoms with E-state index in [9.17, 15) is 4.46 Å². The van der Waals surface area contributed by atoms with E-state index in [0.29, 0.717) is 0 Å². The Bertz CT molecular complexity index is 112. The van der Waals surface area contributed by atoms with Crippen LogP contribution in [0.3, 0.4) is 0 Å². The zero-order valence-electron chi connectivity index (χ0n) is 5.60. The van der Waals surface area contributed by atoms with E-state index in [-0.39, 0.29) is 0 Å². The van der Waals surface area contributed by atoms with Crippen LogP contribution in [0.5, 0.6) is 0 Å². The third-order valence-corrected chi connectivity index (χ3v) is 3.53. The second-order valence-electron chi connectivity index (χ2n) is 2.34. The van der Waals surface area contributed by atoms with Crippen molar-refractivity contribution >= 4 is 8.84 Å². The normalized spacial score (nSPS) is 17.2. The fraction of sp³-hybridized carbons (Fsp3) is 0.833. The summed E-state index contributed by atoms with van der Waals surface area (Å²) in [7, 11) is -1.36. The number of hydrogen-bond acceptors (Lipinski definition) is 1. The van der Waals surface area contributed by atoms with Gasteiger partial charge in [0.25, 0.3) is 0 Å². The predicted molar refractivity (Wildman–Crippen MR) is 37.4 cm³/mol. The van der Waals surface area contributed by atoms with Gasteiger partial charge in [-0.1, -0.05) is 6.92 Å². The van der Waals surface area contributed by atoms with Crippen molar-refractivity contribution in [1.82, 2.24) is 4.57 Å². The molecular weight excluding hydrogens is 130 g/mol. The largest absolute Gasteiger partial charge is 0.394 e. The van der Waals surface area contributed by atoms with Gasteiger partial charge in [-0.05, 0) is 12.8 Å². The molecule has 1 rings (SSSR count). The summed E-state index contributed by atoms with van der Waals surface area (Å²) >= 11 is 0. The van der Waals surface area contributed by atoms with E-state index in [0.717, 1.165) is 25.6 Å². The van der Waals surface area contributed by atoms with Crippen LogP contribution in [0.1, 0.15) is 12.8 Å². The maximum Gasteiger partial charge on any atom is 0.394 e. The zero-order chi connectivity index (χ0) is 6.69. The number of nitrogens with zero attached hydrogens (tertiary/aromatic N) is 1. The fourth-order valence-electron chi connectivity index (χ4n) is 0.875. The minimum absolute atomic E-state index is 0.810. The van der Waals surface area contributed by atoms with E-state index >= 15 is 0 Å². The van der Waals surface area contributed by atoms with Crippen LogP contribution in [-0.2, 0) is 4.46 Å². The molecule has 1 saturated heterocycles. The summed E-state index contributed by atoms with van der Waals surface area (Å²) in [5.74, 6) is 0. The summed E-state index contributed by atoms with van der Waals surface area (Å²) in [4.78, 5) is 0. The first-order chi connectivity index (χ1) is 4.34. The summed E-state index contributed by atoms with van der Waals surface area (Å²) in [5.41, 5.74) is 0. The minimum Gasteiger partial charge on any atom is -0.377 e. The first-order valence-electron chi connectivity index (χ1n) is 3.41. The Labute approximate surface area is 57.6 Å². The van der Waals surface area contributed by atoms with Crippen molar-refractivity contribution in [3.05, 3.63) is 6.92 Å². The Balaban J connectivity index is 2.16. The summed E-state index contributed by atoms with van der Waals surface area (Å²) < 4.78 is 13.2. The molecule has 1 radical (unpaired) electrons. The Morgan fingerprint density at radius 2 is 2.22 bits per heavy atom. The van der Waals surface area contributed by atoms with Crippen molar-refractivity contribution in [2.75, 3.05) is 13.1 Å². The first-order valence-corrected chi connectivity index (χ1v) is 4.98. The van der Waals surface area contributed by atoms with Crippen molar-refractivity contribution in [3.63, 3.8) is 0 Å². The molecule has 3 heteroatoms. The van der Waals surface area contributed by atoms with Crippen LogP contribution in [0.25, 0.3) is 0 Å². The van der Waals surface area contributed by atoms with E-state index in [2.05, 4.69) is 11.5 Å². The van der Waals surface area contributed by atoms with Crippen LogP contribution in [-0.4, -0.2) is 26.5 Å². The van der Waals surface area contributed by atoms with E-state index in [1.165, 1.54) is 6.42 Å². The van der Waals surface area contributed by atoms with E-state index in [4.69, 9.17) is 0 Å². The number of hydrogen-bond donors (Lipinski definition) is 0. The molecule has 0 unspecified atom stereocenters. The molecule has 0 saturated carbocycles. The van der Waals surface area contributed by atoms with Gasteiger partial charge in [0, 0.05) is 19.1 Å². The van der Waals surface area contributed by atoms with Gasteiger partial charge < -0.3 is 9.03 Å². The van der Waals surface area contributed by atoms with Gasteiger partial charge in [-0.2, -0.15) is 0 Å². The molecule has 2 nitrogen and oxygen atoms in total. The summed E-state index contributed by atoms with van der Waals surface area (Å²) in [6.45, 7) is 5.77. The fourth-order valence-corrected chi connectivity index (χ4v) is 2.31. The van der Waals surface area contributed by atoms with Gasteiger partial charge in [0.15, 0.2) is 0 Å². The molecule has 0 aromatic carbocycles. The van der Waals surface area contributed by atoms with Crippen LogP contribution in [0, 0.1) is 6.92 Å². The second kappa shape index (κ2) is 3.10. The molecule has 1 heterocycles. The standard InChI is InChI=1S/C6H12NOSi/c1-2-6-9(8)7-4-3-5-7/h1-6H2. The average Bonchev–Trinajstić information content (AvgIpc) is 1.60. The molecular formula is C6H12NOSi. The second-order valence-corrected chi connectivity index (χ2v) is 4.26. The van der Waals surface area contributed by atoms with Gasteiger partial charge in [0.2, 0.25) is 0 Å². The minimum atomic E-state index is -1.36. The van der Waals surface area contributed by atoms with Crippen molar-refractivity contribution < 1.29 is 4.46 Å². The van der Waals surface area contributed by atoms with E-state index in [1.807, 2.05) is 0 Å². The SMILES string of the molecule is [CH2]CC[Si](=O)N1CCC1. The van der Waals surface area contributed by atoms with Crippen molar-refractivity contribution in [3.8, 4) is 0 Å². The molecule has 0 spiro atoms. The maximum absolute atomic E-state index is 11.1. The molecule has 9 heavy (non-hydrogen) atoms. The van der Waals surface area contributed by atoms with Crippen LogP contribution >= 0.6 is 0 Å². The highest BCUT2D eigenvalue weighted by Gasteiger charge is 2.20. The quantitative estimate of drug-likeness (QED) is 0.544. The Hall–Kier alpha value is -0.183. The molecule has 1 fully saturated rings. The lowest BCUT2D eigenvalue weighted by Crippen LogP contribution is -2.43. The Morgan fingerprint density at radius 1 is 1.56 bits per heavy atom. The van der Waals surface area contributed by atoms with Gasteiger partial charge in [-0.3, -0.25) is 0 Å². The molecule has 51 valence electrons. The van der Waals surface area contributed by atoms with E-state index < -0.39 is 8.84 Å². The smallest absolute Gasteiger partial charge is 0.377 e. The summed E-state index contributed by atoms with van der Waals surface area (Å²) in [6.07, 6.45) is 2.04. The van der Waals surface area contributed by atoms with Crippen molar-refractivity contribution in [2.24, 2.45) is 0 Å². The average molecular weight is 142 g/mol. The first kappa shape index (κ1) is 6.93. The zero-order valence-corrected chi connectivity index (χ0v) is 6.60. The third kappa shape index (κ3) is 1.61. The van der Waals surface area contributed by atoms with Crippen LogP contribution in [0.2, 0.25) is 6.04 Å². The third-order valence-electron chi connectivity index (χ3n) is 1.60. The number of rotatable bonds is 3. The lowest BCUT2D eigenvalue weighted by molar-refractivity contribution is 0.289. The van der Waals surface area contributed by atoms with Crippen LogP contribution in [0.15, 0.2) is 0 Å². The molecule has 0 aromatic heterocycles. The Morgan fingerprint density at radius 3 is 2.56 bits per heavy atom. The molecule has 0 atom stereocenters. The van der Waals surface area contributed by atoms with Crippen LogP contribution in [0.4, 0.5) is 0 Å². The van der Waals surface area contributed by atoms with Crippen molar-refractivity contribution in [2.45, 2.75) is 18.9 Å². The van der Waals surface area contributed by atoms with Crippen LogP contribution < -0.4 is 0 Å². The molecule has 0 amide bonds. The monoisotopic (exact) mass is 142 g/mol. The highest BCUT2D eigenvalue weighted by Crippen LogP contribution is 2.07. The van der Waals surface area contributed by atoms with E-state index in [1.54, 1.807) is 0 Å². The Kier molecular flexibility index (Phi) is 2.39. The summed E-state index contributed by atoms with van der Waals surface area (Å²) in [5, 5.41) is 0. The molecule has 0 aliphatic carbocycles. The van der Waals surface area contributed by atoms with Gasteiger partial charge in [0.05, 0.1) is 0 Å². The highest BCUT2D eigenvalue weighted by atomic mass is 28.3. The molecule has 0 N–H and O–H groups in total. The lowest BCUT2D eigenvalue weighted by atomic mass is 10.3. The molecule has 0 aromatic rings. The topological polar surface area (TPSA) is 20.3 Å². The molecule has 1 aliphatic heterocycles. The lowest BCUT2D eigenvalue weighted by Gasteiger charge is -2.30. The maximum atomic E-state index is 11.1. The predicted octanol–water partition coefficient (Wildman–Crippen LogP) is 0.835. The van der Waals surface area contributed by atoms with Crippen molar-refractivity contribution in [1.29, 1.82) is 0 Å². The highest BCUT2D eigenvalue weighted by molar-refractivity contribution is 6.39. The van der Waals surface area contributed by atoms with Gasteiger partial charge >= 0.3 is 8.84 Å². The van der Waals surface area contributed by atoms with Gasteiger partial charge in [0.1, 0.15) is 0 Å². The van der Waals surface area contributed by atoms with Gasteiger partial charge in [-0.15, -0.1) is 0 Å².